The van der Waals surface area contributed by atoms with Gasteiger partial charge < -0.3 is 14.2 Å². The van der Waals surface area contributed by atoms with Crippen molar-refractivity contribution in [3.8, 4) is 10.6 Å². The van der Waals surface area contributed by atoms with Gasteiger partial charge in [0.1, 0.15) is 22.7 Å². The van der Waals surface area contributed by atoms with Crippen LogP contribution in [0.1, 0.15) is 67.2 Å². The zero-order chi connectivity index (χ0) is 32.3. The number of amides is 1. The molecule has 3 aromatic rings. The second-order valence-electron chi connectivity index (χ2n) is 12.3. The highest BCUT2D eigenvalue weighted by Crippen LogP contribution is 2.31. The van der Waals surface area contributed by atoms with Crippen LogP contribution in [-0.4, -0.2) is 95.4 Å². The monoisotopic (exact) mass is 635 g/mol. The van der Waals surface area contributed by atoms with Crippen LogP contribution >= 0.6 is 11.3 Å². The maximum Gasteiger partial charge on any atom is 0.411 e. The van der Waals surface area contributed by atoms with Gasteiger partial charge in [-0.15, -0.1) is 11.3 Å². The molecule has 11 nitrogen and oxygen atoms in total. The Balaban J connectivity index is 1.16. The van der Waals surface area contributed by atoms with Gasteiger partial charge in [-0.1, -0.05) is 24.3 Å². The molecule has 2 aliphatic heterocycles. The summed E-state index contributed by atoms with van der Waals surface area (Å²) >= 11 is 1.40. The van der Waals surface area contributed by atoms with E-state index in [2.05, 4.69) is 4.98 Å². The van der Waals surface area contributed by atoms with E-state index in [1.54, 1.807) is 63.2 Å². The molecule has 0 saturated carbocycles. The van der Waals surface area contributed by atoms with Gasteiger partial charge in [0.15, 0.2) is 24.8 Å². The van der Waals surface area contributed by atoms with E-state index in [0.717, 1.165) is 35.2 Å². The first-order valence-corrected chi connectivity index (χ1v) is 15.8. The van der Waals surface area contributed by atoms with Gasteiger partial charge in [0.25, 0.3) is 0 Å². The number of benzene rings is 2. The summed E-state index contributed by atoms with van der Waals surface area (Å²) in [5, 5.41) is 0.708. The number of likely N-dealkylation sites (N-methyl/N-ethyl adjacent to an activating group) is 1. The van der Waals surface area contributed by atoms with E-state index in [0.29, 0.717) is 35.5 Å². The van der Waals surface area contributed by atoms with Gasteiger partial charge in [-0.05, 0) is 78.2 Å². The molecule has 1 amide bonds. The third-order valence-electron chi connectivity index (χ3n) is 7.80. The zero-order valence-electron chi connectivity index (χ0n) is 25.9. The summed E-state index contributed by atoms with van der Waals surface area (Å²) in [6, 6.07) is 10.9. The number of nitrogens with zero attached hydrogens (tertiary/aromatic N) is 3. The van der Waals surface area contributed by atoms with Crippen molar-refractivity contribution in [3.63, 3.8) is 0 Å². The summed E-state index contributed by atoms with van der Waals surface area (Å²) in [7, 11) is 1.87. The molecule has 0 radical (unpaired) electrons. The molecule has 238 valence electrons. The molecule has 45 heavy (non-hydrogen) atoms. The van der Waals surface area contributed by atoms with Crippen molar-refractivity contribution in [2.24, 2.45) is 0 Å². The molecule has 0 spiro atoms. The Bertz CT molecular complexity index is 1610. The van der Waals surface area contributed by atoms with Gasteiger partial charge in [-0.25, -0.2) is 14.6 Å². The number of Topliss-reactive ketones (excluding diaryl/α,β-unsaturated/α-hetero) is 2. The molecule has 2 fully saturated rings. The number of ether oxygens (including phenoxy) is 3. The van der Waals surface area contributed by atoms with Crippen LogP contribution in [0.3, 0.4) is 0 Å². The van der Waals surface area contributed by atoms with E-state index < -0.39 is 30.3 Å². The Morgan fingerprint density at radius 2 is 1.44 bits per heavy atom. The number of fused-ring (bicyclic) bond motifs is 1. The van der Waals surface area contributed by atoms with Crippen molar-refractivity contribution < 1.29 is 38.2 Å². The lowest BCUT2D eigenvalue weighted by Gasteiger charge is -2.27. The summed E-state index contributed by atoms with van der Waals surface area (Å²) in [6.45, 7) is 5.74. The quantitative estimate of drug-likeness (QED) is 0.182. The summed E-state index contributed by atoms with van der Waals surface area (Å²) in [4.78, 5) is 71.0. The predicted molar refractivity (Wildman–Crippen MR) is 167 cm³/mol. The molecule has 2 saturated heterocycles. The van der Waals surface area contributed by atoms with Crippen LogP contribution in [0.2, 0.25) is 0 Å². The Morgan fingerprint density at radius 1 is 0.844 bits per heavy atom. The minimum Gasteiger partial charge on any atom is -0.456 e. The number of rotatable bonds is 9. The molecule has 2 aliphatic rings. The highest BCUT2D eigenvalue weighted by Gasteiger charge is 2.38. The molecule has 0 bridgehead atoms. The van der Waals surface area contributed by atoms with Crippen LogP contribution in [-0.2, 0) is 23.8 Å². The van der Waals surface area contributed by atoms with Crippen LogP contribution in [0.5, 0.6) is 0 Å². The minimum absolute atomic E-state index is 0.283. The second kappa shape index (κ2) is 13.5. The topological polar surface area (TPSA) is 132 Å². The number of aromatic nitrogens is 1. The predicted octanol–water partition coefficient (Wildman–Crippen LogP) is 4.91. The van der Waals surface area contributed by atoms with Crippen molar-refractivity contribution in [1.82, 2.24) is 14.8 Å². The van der Waals surface area contributed by atoms with Crippen LogP contribution in [0.25, 0.3) is 20.8 Å². The van der Waals surface area contributed by atoms with Gasteiger partial charge in [0.05, 0.1) is 10.2 Å². The molecule has 2 aromatic carbocycles. The number of esters is 2. The van der Waals surface area contributed by atoms with E-state index in [-0.39, 0.29) is 30.2 Å². The number of carbonyl (C=O) groups is 5. The van der Waals surface area contributed by atoms with E-state index in [9.17, 15) is 24.0 Å². The van der Waals surface area contributed by atoms with Gasteiger partial charge in [-0.3, -0.25) is 24.2 Å². The highest BCUT2D eigenvalue weighted by atomic mass is 32.1. The molecule has 0 N–H and O–H groups in total. The van der Waals surface area contributed by atoms with E-state index in [1.807, 2.05) is 11.9 Å². The summed E-state index contributed by atoms with van der Waals surface area (Å²) in [6.07, 6.45) is 2.19. The van der Waals surface area contributed by atoms with Gasteiger partial charge in [0, 0.05) is 23.2 Å². The minimum atomic E-state index is -0.779. The van der Waals surface area contributed by atoms with E-state index in [1.165, 1.54) is 16.2 Å². The van der Waals surface area contributed by atoms with Gasteiger partial charge >= 0.3 is 18.0 Å². The SMILES string of the molecule is CN1CCC[C@H]1C(=O)OCC(=O)c1ccc2nc(-c3ccc(C(=O)COC(=O)C4CCCN4C(=O)OC(C)(C)C)cc3)sc2c1. The van der Waals surface area contributed by atoms with Crippen molar-refractivity contribution in [2.45, 2.75) is 64.1 Å². The lowest BCUT2D eigenvalue weighted by Crippen LogP contribution is -2.44. The Labute approximate surface area is 265 Å². The first-order valence-electron chi connectivity index (χ1n) is 15.0. The number of hydrogen-bond acceptors (Lipinski definition) is 11. The van der Waals surface area contributed by atoms with Crippen LogP contribution < -0.4 is 0 Å². The third-order valence-corrected chi connectivity index (χ3v) is 8.87. The van der Waals surface area contributed by atoms with Crippen molar-refractivity contribution in [1.29, 1.82) is 0 Å². The third kappa shape index (κ3) is 7.74. The first kappa shape index (κ1) is 32.2. The average molecular weight is 636 g/mol. The summed E-state index contributed by atoms with van der Waals surface area (Å²) in [5.74, 6) is -1.65. The molecular weight excluding hydrogens is 598 g/mol. The molecule has 5 rings (SSSR count). The maximum atomic E-state index is 12.8. The number of ketones is 2. The smallest absolute Gasteiger partial charge is 0.411 e. The van der Waals surface area contributed by atoms with Crippen LogP contribution in [0, 0.1) is 0 Å². The maximum absolute atomic E-state index is 12.8. The van der Waals surface area contributed by atoms with E-state index in [4.69, 9.17) is 14.2 Å². The Kier molecular flexibility index (Phi) is 9.64. The van der Waals surface area contributed by atoms with Crippen molar-refractivity contribution in [2.75, 3.05) is 33.4 Å². The normalized spacial score (nSPS) is 18.6. The Hall–Kier alpha value is -4.16. The summed E-state index contributed by atoms with van der Waals surface area (Å²) in [5.41, 5.74) is 1.62. The molecular formula is C33H37N3O8S. The molecule has 0 aliphatic carbocycles. The Morgan fingerprint density at radius 3 is 2.09 bits per heavy atom. The highest BCUT2D eigenvalue weighted by molar-refractivity contribution is 7.21. The fourth-order valence-corrected chi connectivity index (χ4v) is 6.42. The molecule has 3 heterocycles. The number of thiazole rings is 1. The summed E-state index contributed by atoms with van der Waals surface area (Å²) < 4.78 is 16.8. The number of carbonyl (C=O) groups excluding carboxylic acids is 5. The fourth-order valence-electron chi connectivity index (χ4n) is 5.41. The lowest BCUT2D eigenvalue weighted by atomic mass is 10.1. The van der Waals surface area contributed by atoms with Crippen LogP contribution in [0.4, 0.5) is 4.79 Å². The molecule has 12 heteroatoms. The molecule has 1 unspecified atom stereocenters. The first-order chi connectivity index (χ1) is 21.4. The number of hydrogen-bond donors (Lipinski definition) is 0. The second-order valence-corrected chi connectivity index (χ2v) is 13.3. The van der Waals surface area contributed by atoms with Gasteiger partial charge in [-0.2, -0.15) is 0 Å². The molecule has 1 aromatic heterocycles. The lowest BCUT2D eigenvalue weighted by molar-refractivity contribution is -0.148. The van der Waals surface area contributed by atoms with E-state index >= 15 is 0 Å². The molecule has 2 atom stereocenters. The fraction of sp³-hybridized carbons (Fsp3) is 0.455. The van der Waals surface area contributed by atoms with Crippen molar-refractivity contribution in [3.05, 3.63) is 53.6 Å². The average Bonchev–Trinajstić information content (AvgIpc) is 3.77. The van der Waals surface area contributed by atoms with Crippen molar-refractivity contribution >= 4 is 51.2 Å². The van der Waals surface area contributed by atoms with Crippen LogP contribution in [0.15, 0.2) is 42.5 Å². The zero-order valence-corrected chi connectivity index (χ0v) is 26.7. The van der Waals surface area contributed by atoms with Gasteiger partial charge in [0.2, 0.25) is 0 Å². The number of likely N-dealkylation sites (tertiary alicyclic amines) is 2. The largest absolute Gasteiger partial charge is 0.456 e. The standard InChI is InChI=1S/C33H37N3O8S/c1-33(2,3)44-32(41)36-16-6-8-25(36)31(40)43-18-26(37)20-9-11-21(12-10-20)29-34-23-14-13-22(17-28(23)45-29)27(38)19-42-30(39)24-7-5-15-35(24)4/h9-14,17,24-25H,5-8,15-16,18-19H2,1-4H3/t24-,25?/m0/s1.